The minimum absolute atomic E-state index is 0.151. The maximum absolute atomic E-state index is 12.1. The number of fused-ring (bicyclic) bond motifs is 1. The predicted octanol–water partition coefficient (Wildman–Crippen LogP) is 0.0923. The van der Waals surface area contributed by atoms with Gasteiger partial charge in [-0.2, -0.15) is 0 Å². The molecule has 0 unspecified atom stereocenters. The van der Waals surface area contributed by atoms with E-state index in [1.807, 2.05) is 24.3 Å². The van der Waals surface area contributed by atoms with Crippen molar-refractivity contribution in [1.29, 1.82) is 0 Å². The molecule has 0 bridgehead atoms. The van der Waals surface area contributed by atoms with Crippen molar-refractivity contribution in [2.75, 3.05) is 13.2 Å². The van der Waals surface area contributed by atoms with Gasteiger partial charge in [-0.15, -0.1) is 0 Å². The predicted molar refractivity (Wildman–Crippen MR) is 81.5 cm³/mol. The second-order valence-corrected chi connectivity index (χ2v) is 5.59. The first-order chi connectivity index (χ1) is 11.0. The molecule has 1 aliphatic heterocycles. The van der Waals surface area contributed by atoms with Gasteiger partial charge in [-0.05, 0) is 18.6 Å². The number of nitrogens with two attached hydrogens (primary N) is 1. The number of benzene rings is 1. The van der Waals surface area contributed by atoms with E-state index >= 15 is 0 Å². The lowest BCUT2D eigenvalue weighted by Crippen LogP contribution is -2.42. The highest BCUT2D eigenvalue weighted by Gasteiger charge is 2.37. The van der Waals surface area contributed by atoms with Gasteiger partial charge in [0.05, 0.1) is 11.0 Å². The number of nitrogens with one attached hydrogen (secondary N) is 1. The summed E-state index contributed by atoms with van der Waals surface area (Å²) in [4.78, 5) is 32.0. The van der Waals surface area contributed by atoms with Crippen LogP contribution in [-0.2, 0) is 20.9 Å². The Morgan fingerprint density at radius 1 is 1.43 bits per heavy atom. The zero-order chi connectivity index (χ0) is 16.4. The summed E-state index contributed by atoms with van der Waals surface area (Å²) >= 11 is 0. The molecule has 2 atom stereocenters. The highest BCUT2D eigenvalue weighted by atomic mass is 16.5. The minimum Gasteiger partial charge on any atom is -0.480 e. The number of amides is 1. The van der Waals surface area contributed by atoms with E-state index in [1.165, 1.54) is 4.90 Å². The fourth-order valence-corrected chi connectivity index (χ4v) is 2.77. The second-order valence-electron chi connectivity index (χ2n) is 5.59. The fourth-order valence-electron chi connectivity index (χ4n) is 2.77. The van der Waals surface area contributed by atoms with Crippen molar-refractivity contribution in [3.63, 3.8) is 0 Å². The highest BCUT2D eigenvalue weighted by molar-refractivity contribution is 5.85. The van der Waals surface area contributed by atoms with Gasteiger partial charge in [-0.25, -0.2) is 9.78 Å². The normalized spacial score (nSPS) is 21.0. The maximum atomic E-state index is 12.1. The summed E-state index contributed by atoms with van der Waals surface area (Å²) in [5.41, 5.74) is 7.47. The molecule has 1 aromatic carbocycles. The molecule has 0 radical (unpaired) electrons. The first-order valence-corrected chi connectivity index (χ1v) is 7.34. The molecule has 0 aliphatic carbocycles. The van der Waals surface area contributed by atoms with Crippen LogP contribution in [0.2, 0.25) is 0 Å². The van der Waals surface area contributed by atoms with E-state index in [0.29, 0.717) is 5.82 Å². The SMILES string of the molecule is N[C@H]1C[C@@H](C(=O)O)N(C(=O)COCc2nc3ccccc3[nH]2)C1. The van der Waals surface area contributed by atoms with Crippen LogP contribution in [0, 0.1) is 0 Å². The lowest BCUT2D eigenvalue weighted by Gasteiger charge is -2.21. The Kier molecular flexibility index (Phi) is 4.26. The lowest BCUT2D eigenvalue weighted by molar-refractivity contribution is -0.150. The van der Waals surface area contributed by atoms with Crippen molar-refractivity contribution < 1.29 is 19.4 Å². The van der Waals surface area contributed by atoms with Crippen molar-refractivity contribution >= 4 is 22.9 Å². The van der Waals surface area contributed by atoms with E-state index in [2.05, 4.69) is 9.97 Å². The first-order valence-electron chi connectivity index (χ1n) is 7.34. The molecule has 2 heterocycles. The number of aromatic nitrogens is 2. The Balaban J connectivity index is 1.55. The molecule has 2 aromatic rings. The van der Waals surface area contributed by atoms with Gasteiger partial charge in [-0.3, -0.25) is 4.79 Å². The number of carboxylic acid groups (broad SMARTS) is 1. The van der Waals surface area contributed by atoms with Crippen LogP contribution in [0.1, 0.15) is 12.2 Å². The summed E-state index contributed by atoms with van der Waals surface area (Å²) in [5.74, 6) is -0.794. The van der Waals surface area contributed by atoms with E-state index in [4.69, 9.17) is 15.6 Å². The number of imidazole rings is 1. The Bertz CT molecular complexity index is 696. The number of ether oxygens (including phenoxy) is 1. The smallest absolute Gasteiger partial charge is 0.326 e. The Hall–Kier alpha value is -2.45. The molecule has 1 aromatic heterocycles. The van der Waals surface area contributed by atoms with Crippen molar-refractivity contribution in [1.82, 2.24) is 14.9 Å². The number of carboxylic acids is 1. The highest BCUT2D eigenvalue weighted by Crippen LogP contribution is 2.17. The third-order valence-corrected chi connectivity index (χ3v) is 3.84. The molecule has 1 saturated heterocycles. The molecule has 1 aliphatic rings. The van der Waals surface area contributed by atoms with Crippen LogP contribution < -0.4 is 5.73 Å². The number of carbonyl (C=O) groups excluding carboxylic acids is 1. The lowest BCUT2D eigenvalue weighted by atomic mass is 10.2. The monoisotopic (exact) mass is 318 g/mol. The molecule has 1 fully saturated rings. The van der Waals surface area contributed by atoms with Crippen LogP contribution in [0.3, 0.4) is 0 Å². The first kappa shape index (κ1) is 15.4. The third-order valence-electron chi connectivity index (χ3n) is 3.84. The molecule has 8 nitrogen and oxygen atoms in total. The number of rotatable bonds is 5. The summed E-state index contributed by atoms with van der Waals surface area (Å²) in [6, 6.07) is 6.39. The van der Waals surface area contributed by atoms with Gasteiger partial charge in [0.2, 0.25) is 5.91 Å². The summed E-state index contributed by atoms with van der Waals surface area (Å²) in [7, 11) is 0. The van der Waals surface area contributed by atoms with Gasteiger partial charge in [-0.1, -0.05) is 12.1 Å². The molecule has 122 valence electrons. The van der Waals surface area contributed by atoms with E-state index in [-0.39, 0.29) is 38.1 Å². The summed E-state index contributed by atoms with van der Waals surface area (Å²) in [6.07, 6.45) is 0.268. The zero-order valence-corrected chi connectivity index (χ0v) is 12.4. The van der Waals surface area contributed by atoms with E-state index in [9.17, 15) is 9.59 Å². The maximum Gasteiger partial charge on any atom is 0.326 e. The number of hydrogen-bond acceptors (Lipinski definition) is 5. The quantitative estimate of drug-likeness (QED) is 0.718. The number of H-pyrrole nitrogens is 1. The van der Waals surface area contributed by atoms with Gasteiger partial charge in [0, 0.05) is 12.6 Å². The number of hydrogen-bond donors (Lipinski definition) is 3. The third kappa shape index (κ3) is 3.33. The Morgan fingerprint density at radius 2 is 2.22 bits per heavy atom. The topological polar surface area (TPSA) is 122 Å². The second kappa shape index (κ2) is 6.35. The van der Waals surface area contributed by atoms with Gasteiger partial charge in [0.15, 0.2) is 0 Å². The number of para-hydroxylation sites is 2. The molecule has 3 rings (SSSR count). The standard InChI is InChI=1S/C15H18N4O4/c16-9-5-12(15(21)22)19(6-9)14(20)8-23-7-13-17-10-3-1-2-4-11(10)18-13/h1-4,9,12H,5-8,16H2,(H,17,18)(H,21,22)/t9-,12-/m0/s1. The van der Waals surface area contributed by atoms with Gasteiger partial charge in [0.1, 0.15) is 25.1 Å². The van der Waals surface area contributed by atoms with Crippen LogP contribution in [0.15, 0.2) is 24.3 Å². The molecular weight excluding hydrogens is 300 g/mol. The number of carbonyl (C=O) groups is 2. The number of nitrogens with zero attached hydrogens (tertiary/aromatic N) is 2. The van der Waals surface area contributed by atoms with E-state index in [0.717, 1.165) is 11.0 Å². The largest absolute Gasteiger partial charge is 0.480 e. The number of aliphatic carboxylic acids is 1. The van der Waals surface area contributed by atoms with Crippen molar-refractivity contribution in [3.05, 3.63) is 30.1 Å². The zero-order valence-electron chi connectivity index (χ0n) is 12.4. The molecule has 0 saturated carbocycles. The van der Waals surface area contributed by atoms with Crippen LogP contribution in [0.4, 0.5) is 0 Å². The van der Waals surface area contributed by atoms with Crippen LogP contribution in [0.25, 0.3) is 11.0 Å². The summed E-state index contributed by atoms with van der Waals surface area (Å²) in [5, 5.41) is 9.13. The fraction of sp³-hybridized carbons (Fsp3) is 0.400. The minimum atomic E-state index is -1.04. The molecule has 23 heavy (non-hydrogen) atoms. The molecule has 1 amide bonds. The average Bonchev–Trinajstić information content (AvgIpc) is 3.10. The van der Waals surface area contributed by atoms with Crippen molar-refractivity contribution in [2.45, 2.75) is 25.1 Å². The van der Waals surface area contributed by atoms with Gasteiger partial charge >= 0.3 is 5.97 Å². The number of likely N-dealkylation sites (tertiary alicyclic amines) is 1. The number of aromatic amines is 1. The Labute approximate surface area is 132 Å². The van der Waals surface area contributed by atoms with Crippen LogP contribution in [0.5, 0.6) is 0 Å². The molecule has 8 heteroatoms. The van der Waals surface area contributed by atoms with Crippen molar-refractivity contribution in [2.24, 2.45) is 5.73 Å². The summed E-state index contributed by atoms with van der Waals surface area (Å²) in [6.45, 7) is 0.190. The van der Waals surface area contributed by atoms with Crippen molar-refractivity contribution in [3.8, 4) is 0 Å². The van der Waals surface area contributed by atoms with Gasteiger partial charge in [0.25, 0.3) is 0 Å². The van der Waals surface area contributed by atoms with Crippen LogP contribution in [-0.4, -0.2) is 57.1 Å². The molecule has 4 N–H and O–H groups in total. The average molecular weight is 318 g/mol. The van der Waals surface area contributed by atoms with Crippen LogP contribution >= 0.6 is 0 Å². The summed E-state index contributed by atoms with van der Waals surface area (Å²) < 4.78 is 5.37. The Morgan fingerprint density at radius 3 is 2.96 bits per heavy atom. The van der Waals surface area contributed by atoms with E-state index < -0.39 is 12.0 Å². The van der Waals surface area contributed by atoms with E-state index in [1.54, 1.807) is 0 Å². The molecular formula is C15H18N4O4. The van der Waals surface area contributed by atoms with Gasteiger partial charge < -0.3 is 25.5 Å². The molecule has 0 spiro atoms.